The molecular formula is C21H13ClF3N7O2S. The molecule has 0 bridgehead atoms. The van der Waals surface area contributed by atoms with Crippen LogP contribution < -0.4 is 0 Å². The van der Waals surface area contributed by atoms with Gasteiger partial charge in [0.25, 0.3) is 11.1 Å². The van der Waals surface area contributed by atoms with Crippen molar-refractivity contribution in [2.45, 2.75) is 19.3 Å². The fourth-order valence-corrected chi connectivity index (χ4v) is 4.62. The van der Waals surface area contributed by atoms with Crippen molar-refractivity contribution in [2.75, 3.05) is 0 Å². The molecule has 1 saturated heterocycles. The monoisotopic (exact) mass is 519 g/mol. The lowest BCUT2D eigenvalue weighted by atomic mass is 10.1. The molecule has 4 aromatic rings. The molecule has 0 saturated carbocycles. The maximum atomic E-state index is 13.4. The van der Waals surface area contributed by atoms with E-state index in [2.05, 4.69) is 25.7 Å². The third-order valence-electron chi connectivity index (χ3n) is 5.22. The summed E-state index contributed by atoms with van der Waals surface area (Å²) in [6.45, 7) is -0.210. The van der Waals surface area contributed by atoms with E-state index < -0.39 is 22.9 Å². The van der Waals surface area contributed by atoms with Crippen LogP contribution in [0.5, 0.6) is 0 Å². The molecule has 0 atom stereocenters. The summed E-state index contributed by atoms with van der Waals surface area (Å²) >= 11 is 6.55. The number of carbonyl (C=O) groups is 2. The van der Waals surface area contributed by atoms with Crippen LogP contribution >= 0.6 is 23.4 Å². The molecule has 0 spiro atoms. The summed E-state index contributed by atoms with van der Waals surface area (Å²) in [7, 11) is 0. The number of hydrogen-bond acceptors (Lipinski definition) is 7. The summed E-state index contributed by atoms with van der Waals surface area (Å²) in [5.74, 6) is -0.278. The number of amides is 2. The van der Waals surface area contributed by atoms with Crippen molar-refractivity contribution in [1.82, 2.24) is 35.3 Å². The highest BCUT2D eigenvalue weighted by molar-refractivity contribution is 8.18. The van der Waals surface area contributed by atoms with Gasteiger partial charge in [-0.15, -0.1) is 10.2 Å². The highest BCUT2D eigenvalue weighted by Crippen LogP contribution is 2.35. The molecule has 2 amide bonds. The molecule has 1 fully saturated rings. The van der Waals surface area contributed by atoms with Crippen molar-refractivity contribution in [3.8, 4) is 0 Å². The molecule has 9 nitrogen and oxygen atoms in total. The number of thioether (sulfide) groups is 1. The zero-order chi connectivity index (χ0) is 24.7. The number of imide groups is 1. The first-order valence-electron chi connectivity index (χ1n) is 9.98. The third kappa shape index (κ3) is 4.64. The average Bonchev–Trinajstić information content (AvgIpc) is 3.52. The summed E-state index contributed by atoms with van der Waals surface area (Å²) in [5, 5.41) is 17.6. The number of nitrogens with one attached hydrogen (secondary N) is 1. The Balaban J connectivity index is 1.40. The summed E-state index contributed by atoms with van der Waals surface area (Å²) in [6, 6.07) is 8.76. The largest absolute Gasteiger partial charge is 0.416 e. The Morgan fingerprint density at radius 1 is 1.11 bits per heavy atom. The Morgan fingerprint density at radius 2 is 1.94 bits per heavy atom. The van der Waals surface area contributed by atoms with E-state index in [0.29, 0.717) is 16.5 Å². The molecule has 1 aliphatic heterocycles. The third-order valence-corrected chi connectivity index (χ3v) is 6.37. The molecule has 0 radical (unpaired) electrons. The topological polar surface area (TPSA) is 110 Å². The number of rotatable bonds is 5. The van der Waals surface area contributed by atoms with Gasteiger partial charge in [0.1, 0.15) is 0 Å². The van der Waals surface area contributed by atoms with E-state index in [0.717, 1.165) is 22.7 Å². The van der Waals surface area contributed by atoms with Gasteiger partial charge in [0.15, 0.2) is 5.82 Å². The van der Waals surface area contributed by atoms with Crippen molar-refractivity contribution >= 4 is 51.5 Å². The van der Waals surface area contributed by atoms with E-state index in [9.17, 15) is 22.8 Å². The summed E-state index contributed by atoms with van der Waals surface area (Å²) in [5.41, 5.74) is 0.452. The number of aromatic amines is 1. The van der Waals surface area contributed by atoms with E-state index >= 15 is 0 Å². The fourth-order valence-electron chi connectivity index (χ4n) is 3.61. The molecule has 2 aromatic heterocycles. The molecular weight excluding hydrogens is 507 g/mol. The highest BCUT2D eigenvalue weighted by Gasteiger charge is 2.36. The molecule has 3 heterocycles. The number of aromatic nitrogens is 6. The van der Waals surface area contributed by atoms with E-state index in [4.69, 9.17) is 11.6 Å². The molecule has 0 unspecified atom stereocenters. The number of halogens is 4. The quantitative estimate of drug-likeness (QED) is 0.386. The van der Waals surface area contributed by atoms with Crippen molar-refractivity contribution in [1.29, 1.82) is 0 Å². The van der Waals surface area contributed by atoms with Gasteiger partial charge < -0.3 is 0 Å². The van der Waals surface area contributed by atoms with Crippen LogP contribution in [-0.2, 0) is 24.1 Å². The zero-order valence-corrected chi connectivity index (χ0v) is 19.0. The zero-order valence-electron chi connectivity index (χ0n) is 17.5. The lowest BCUT2D eigenvalue weighted by Crippen LogP contribution is -2.28. The number of hydrogen-bond donors (Lipinski definition) is 1. The molecule has 2 aromatic carbocycles. The normalized spacial score (nSPS) is 15.7. The van der Waals surface area contributed by atoms with Crippen molar-refractivity contribution < 1.29 is 22.8 Å². The second kappa shape index (κ2) is 8.82. The van der Waals surface area contributed by atoms with Crippen LogP contribution in [0.15, 0.2) is 47.5 Å². The number of nitrogens with zero attached hydrogens (tertiary/aromatic N) is 6. The first kappa shape index (κ1) is 23.1. The number of benzene rings is 2. The van der Waals surface area contributed by atoms with Crippen LogP contribution in [0.25, 0.3) is 17.0 Å². The van der Waals surface area contributed by atoms with Gasteiger partial charge in [0, 0.05) is 10.4 Å². The van der Waals surface area contributed by atoms with Crippen molar-refractivity contribution in [3.05, 3.63) is 75.0 Å². The minimum atomic E-state index is -4.55. The van der Waals surface area contributed by atoms with Gasteiger partial charge in [0.05, 0.1) is 35.3 Å². The van der Waals surface area contributed by atoms with E-state index in [-0.39, 0.29) is 34.4 Å². The molecule has 1 aliphatic rings. The SMILES string of the molecule is O=C1S/C(=C\c2ccc3c(cnn3Cc3ccc(Cl)cc3C(F)(F)F)c2)C(=O)N1Cc1nn[nH]n1. The second-order valence-electron chi connectivity index (χ2n) is 7.52. The number of tetrazole rings is 1. The lowest BCUT2D eigenvalue weighted by molar-refractivity contribution is -0.138. The van der Waals surface area contributed by atoms with Crippen LogP contribution in [0.2, 0.25) is 5.02 Å². The minimum Gasteiger partial charge on any atom is -0.268 e. The molecule has 35 heavy (non-hydrogen) atoms. The maximum Gasteiger partial charge on any atom is 0.416 e. The first-order valence-corrected chi connectivity index (χ1v) is 11.2. The van der Waals surface area contributed by atoms with Crippen LogP contribution in [0.4, 0.5) is 18.0 Å². The van der Waals surface area contributed by atoms with Gasteiger partial charge in [0.2, 0.25) is 0 Å². The molecule has 5 rings (SSSR count). The van der Waals surface area contributed by atoms with Gasteiger partial charge in [-0.1, -0.05) is 28.9 Å². The predicted octanol–water partition coefficient (Wildman–Crippen LogP) is 4.51. The number of carbonyl (C=O) groups excluding carboxylic acids is 2. The lowest BCUT2D eigenvalue weighted by Gasteiger charge is -2.14. The first-order chi connectivity index (χ1) is 16.7. The molecule has 1 N–H and O–H groups in total. The Hall–Kier alpha value is -3.71. The van der Waals surface area contributed by atoms with E-state index in [1.165, 1.54) is 23.0 Å². The summed E-state index contributed by atoms with van der Waals surface area (Å²) < 4.78 is 41.8. The minimum absolute atomic E-state index is 0.00209. The Morgan fingerprint density at radius 3 is 2.69 bits per heavy atom. The van der Waals surface area contributed by atoms with Gasteiger partial charge in [-0.2, -0.15) is 23.5 Å². The average molecular weight is 520 g/mol. The Kier molecular flexibility index (Phi) is 5.81. The summed E-state index contributed by atoms with van der Waals surface area (Å²) in [4.78, 5) is 26.2. The number of alkyl halides is 3. The summed E-state index contributed by atoms with van der Waals surface area (Å²) in [6.07, 6.45) is -1.46. The molecule has 14 heteroatoms. The standard InChI is InChI=1S/C21H13ClF3N7O2S/c22-14-3-2-12(15(7-14)21(23,24)25)9-32-16-4-1-11(5-13(16)8-26-32)6-17-19(33)31(20(34)35-17)10-18-27-29-30-28-18/h1-8H,9-10H2,(H,27,28,29,30)/b17-6-. The van der Waals surface area contributed by atoms with Crippen LogP contribution in [-0.4, -0.2) is 46.5 Å². The van der Waals surface area contributed by atoms with Crippen LogP contribution in [0.3, 0.4) is 0 Å². The van der Waals surface area contributed by atoms with Crippen LogP contribution in [0.1, 0.15) is 22.5 Å². The van der Waals surface area contributed by atoms with E-state index in [1.807, 2.05) is 0 Å². The van der Waals surface area contributed by atoms with Crippen LogP contribution in [0, 0.1) is 0 Å². The maximum absolute atomic E-state index is 13.4. The smallest absolute Gasteiger partial charge is 0.268 e. The van der Waals surface area contributed by atoms with Gasteiger partial charge >= 0.3 is 6.18 Å². The molecule has 178 valence electrons. The molecule has 0 aliphatic carbocycles. The van der Waals surface area contributed by atoms with Crippen molar-refractivity contribution in [3.63, 3.8) is 0 Å². The Labute approximate surface area is 203 Å². The number of H-pyrrole nitrogens is 1. The number of fused-ring (bicyclic) bond motifs is 1. The highest BCUT2D eigenvalue weighted by atomic mass is 35.5. The van der Waals surface area contributed by atoms with Gasteiger partial charge in [-0.05, 0) is 53.2 Å². The predicted molar refractivity (Wildman–Crippen MR) is 121 cm³/mol. The fraction of sp³-hybridized carbons (Fsp3) is 0.143. The van der Waals surface area contributed by atoms with Gasteiger partial charge in [-0.25, -0.2) is 0 Å². The Bertz CT molecular complexity index is 1480. The van der Waals surface area contributed by atoms with Gasteiger partial charge in [-0.3, -0.25) is 19.2 Å². The van der Waals surface area contributed by atoms with E-state index in [1.54, 1.807) is 24.3 Å². The second-order valence-corrected chi connectivity index (χ2v) is 8.95. The van der Waals surface area contributed by atoms with Crippen molar-refractivity contribution in [2.24, 2.45) is 0 Å².